The van der Waals surface area contributed by atoms with Crippen LogP contribution in [0.4, 0.5) is 23.4 Å². The minimum Gasteiger partial charge on any atom is -0.505 e. The van der Waals surface area contributed by atoms with E-state index in [0.717, 1.165) is 44.4 Å². The maximum Gasteiger partial charge on any atom is 0.319 e. The average Bonchev–Trinajstić information content (AvgIpc) is 3.67. The summed E-state index contributed by atoms with van der Waals surface area (Å²) in [6.07, 6.45) is 3.25. The first-order valence-electron chi connectivity index (χ1n) is 15.6. The number of halogens is 4. The molecule has 0 amide bonds. The molecule has 8 nitrogen and oxygen atoms in total. The van der Waals surface area contributed by atoms with Gasteiger partial charge in [0, 0.05) is 54.5 Å². The lowest BCUT2D eigenvalue weighted by Crippen LogP contribution is -2.51. The molecular formula is C33H34F4N6O2. The first-order chi connectivity index (χ1) is 21.6. The molecule has 4 saturated heterocycles. The summed E-state index contributed by atoms with van der Waals surface area (Å²) in [7, 11) is 0. The molecule has 2 N–H and O–H groups in total. The van der Waals surface area contributed by atoms with E-state index in [1.165, 1.54) is 13.0 Å². The number of anilines is 1. The second-order valence-corrected chi connectivity index (χ2v) is 13.2. The molecule has 4 aromatic rings. The predicted octanol–water partition coefficient (Wildman–Crippen LogP) is 5.48. The van der Waals surface area contributed by atoms with Crippen LogP contribution in [0.15, 0.2) is 18.2 Å². The molecule has 2 bridgehead atoms. The third-order valence-electron chi connectivity index (χ3n) is 10.3. The number of phenols is 1. The van der Waals surface area contributed by atoms with Crippen molar-refractivity contribution in [2.45, 2.75) is 69.7 Å². The monoisotopic (exact) mass is 622 g/mol. The molecule has 2 aromatic carbocycles. The summed E-state index contributed by atoms with van der Waals surface area (Å²) in [6.45, 7) is 5.90. The highest BCUT2D eigenvalue weighted by molar-refractivity contribution is 6.02. The highest BCUT2D eigenvalue weighted by Gasteiger charge is 2.49. The van der Waals surface area contributed by atoms with Crippen molar-refractivity contribution in [3.63, 3.8) is 0 Å². The Labute approximate surface area is 257 Å². The minimum atomic E-state index is -0.928. The first kappa shape index (κ1) is 28.7. The number of aryl methyl sites for hydroxylation is 2. The van der Waals surface area contributed by atoms with Crippen molar-refractivity contribution in [3.8, 4) is 23.0 Å². The van der Waals surface area contributed by atoms with Crippen LogP contribution in [0.3, 0.4) is 0 Å². The van der Waals surface area contributed by atoms with E-state index in [4.69, 9.17) is 9.72 Å². The molecule has 4 atom stereocenters. The van der Waals surface area contributed by atoms with Gasteiger partial charge in [0.2, 0.25) is 0 Å². The lowest BCUT2D eigenvalue weighted by molar-refractivity contribution is 0.107. The van der Waals surface area contributed by atoms with E-state index in [0.29, 0.717) is 43.0 Å². The highest BCUT2D eigenvalue weighted by atomic mass is 19.1. The fraction of sp³-hybridized carbons (Fsp3) is 0.485. The quantitative estimate of drug-likeness (QED) is 0.283. The molecule has 236 valence electrons. The van der Waals surface area contributed by atoms with Crippen LogP contribution in [0.5, 0.6) is 11.8 Å². The van der Waals surface area contributed by atoms with Gasteiger partial charge in [0.05, 0.1) is 16.6 Å². The smallest absolute Gasteiger partial charge is 0.319 e. The molecule has 4 fully saturated rings. The van der Waals surface area contributed by atoms with Gasteiger partial charge in [0.25, 0.3) is 0 Å². The Bertz CT molecular complexity index is 1860. The van der Waals surface area contributed by atoms with E-state index in [-0.39, 0.29) is 57.8 Å². The van der Waals surface area contributed by atoms with Gasteiger partial charge in [0.1, 0.15) is 35.6 Å². The number of piperazine rings is 1. The lowest BCUT2D eigenvalue weighted by atomic mass is 9.95. The molecule has 0 radical (unpaired) electrons. The number of aromatic hydroxyl groups is 1. The third kappa shape index (κ3) is 4.51. The Morgan fingerprint density at radius 1 is 1.02 bits per heavy atom. The van der Waals surface area contributed by atoms with Crippen molar-refractivity contribution in [1.82, 2.24) is 25.2 Å². The second-order valence-electron chi connectivity index (χ2n) is 13.2. The van der Waals surface area contributed by atoms with Crippen LogP contribution in [0.2, 0.25) is 0 Å². The molecule has 2 unspecified atom stereocenters. The number of ether oxygens (including phenoxy) is 1. The summed E-state index contributed by atoms with van der Waals surface area (Å²) in [5.74, 6) is -2.53. The normalized spacial score (nSPS) is 26.4. The summed E-state index contributed by atoms with van der Waals surface area (Å²) in [5, 5.41) is 14.6. The van der Waals surface area contributed by atoms with Crippen LogP contribution in [-0.2, 0) is 0 Å². The number of benzene rings is 2. The van der Waals surface area contributed by atoms with Crippen LogP contribution < -0.4 is 15.0 Å². The predicted molar refractivity (Wildman–Crippen MR) is 162 cm³/mol. The largest absolute Gasteiger partial charge is 0.505 e. The van der Waals surface area contributed by atoms with Crippen molar-refractivity contribution in [2.75, 3.05) is 37.7 Å². The van der Waals surface area contributed by atoms with Gasteiger partial charge in [0.15, 0.2) is 17.4 Å². The minimum absolute atomic E-state index is 0.0172. The Kier molecular flexibility index (Phi) is 6.62. The van der Waals surface area contributed by atoms with Gasteiger partial charge in [-0.25, -0.2) is 22.5 Å². The third-order valence-corrected chi connectivity index (χ3v) is 10.3. The number of alkyl halides is 1. The number of nitrogens with zero attached hydrogens (tertiary/aromatic N) is 5. The van der Waals surface area contributed by atoms with E-state index < -0.39 is 34.9 Å². The van der Waals surface area contributed by atoms with Crippen LogP contribution in [0, 0.1) is 31.3 Å². The molecule has 12 heteroatoms. The number of nitrogens with one attached hydrogen (secondary N) is 1. The summed E-state index contributed by atoms with van der Waals surface area (Å²) in [5.41, 5.74) is -0.0994. The molecule has 0 spiro atoms. The Morgan fingerprint density at radius 2 is 1.80 bits per heavy atom. The van der Waals surface area contributed by atoms with Crippen molar-refractivity contribution >= 4 is 27.5 Å². The van der Waals surface area contributed by atoms with Gasteiger partial charge >= 0.3 is 6.01 Å². The van der Waals surface area contributed by atoms with Gasteiger partial charge in [-0.2, -0.15) is 9.97 Å². The summed E-state index contributed by atoms with van der Waals surface area (Å²) in [4.78, 5) is 18.3. The highest BCUT2D eigenvalue weighted by Crippen LogP contribution is 2.43. The van der Waals surface area contributed by atoms with E-state index in [1.54, 1.807) is 6.92 Å². The zero-order valence-electron chi connectivity index (χ0n) is 25.1. The SMILES string of the molecule is Cc1c(F)ccc2c(F)c(O)cc(-c3nc(C)c4c(N5CC6CCC(C5)N6)nc(OC[C@@]56CCCN5C[C@H](F)C6)nc4c3F)c12. The molecule has 0 saturated carbocycles. The van der Waals surface area contributed by atoms with Gasteiger partial charge in [-0.1, -0.05) is 0 Å². The standard InChI is InChI=1S/C33H34F4N6O2/c1-16-23(35)7-6-21-25(16)22(10-24(44)27(21)36)29-28(37)30-26(17(2)38-29)31(42-13-19-4-5-20(14-42)39-19)41-32(40-30)45-15-33-8-3-9-43(33)12-18(34)11-33/h6-7,10,18-20,39,44H,3-5,8-9,11-15H2,1-2H3/t18-,19?,20?,33+/m1/s1. The zero-order chi connectivity index (χ0) is 31.2. The summed E-state index contributed by atoms with van der Waals surface area (Å²) >= 11 is 0. The number of pyridine rings is 1. The molecule has 4 aliphatic heterocycles. The maximum absolute atomic E-state index is 16.9. The van der Waals surface area contributed by atoms with Crippen molar-refractivity contribution in [2.24, 2.45) is 0 Å². The second kappa shape index (κ2) is 10.4. The molecule has 4 aliphatic rings. The number of fused-ring (bicyclic) bond motifs is 5. The van der Waals surface area contributed by atoms with Crippen molar-refractivity contribution in [3.05, 3.63) is 46.9 Å². The fourth-order valence-electron chi connectivity index (χ4n) is 8.21. The average molecular weight is 623 g/mol. The van der Waals surface area contributed by atoms with Gasteiger partial charge < -0.3 is 20.1 Å². The number of hydrogen-bond donors (Lipinski definition) is 2. The topological polar surface area (TPSA) is 86.6 Å². The molecule has 6 heterocycles. The molecule has 0 aliphatic carbocycles. The van der Waals surface area contributed by atoms with Crippen LogP contribution in [-0.4, -0.2) is 81.5 Å². The van der Waals surface area contributed by atoms with Crippen LogP contribution >= 0.6 is 0 Å². The summed E-state index contributed by atoms with van der Waals surface area (Å²) in [6, 6.07) is 3.94. The molecule has 2 aromatic heterocycles. The number of phenolic OH excluding ortho intramolecular Hbond substituents is 1. The number of aromatic nitrogens is 3. The summed E-state index contributed by atoms with van der Waals surface area (Å²) < 4.78 is 67.3. The lowest BCUT2D eigenvalue weighted by Gasteiger charge is -2.35. The zero-order valence-corrected chi connectivity index (χ0v) is 25.1. The maximum atomic E-state index is 16.9. The van der Waals surface area contributed by atoms with E-state index in [2.05, 4.69) is 25.1 Å². The molecule has 45 heavy (non-hydrogen) atoms. The van der Waals surface area contributed by atoms with Crippen LogP contribution in [0.1, 0.15) is 43.4 Å². The first-order valence-corrected chi connectivity index (χ1v) is 15.6. The number of hydrogen-bond acceptors (Lipinski definition) is 8. The number of rotatable bonds is 5. The Balaban J connectivity index is 1.30. The Hall–Kier alpha value is -3.77. The molecular weight excluding hydrogens is 588 g/mol. The van der Waals surface area contributed by atoms with Gasteiger partial charge in [-0.3, -0.25) is 4.90 Å². The van der Waals surface area contributed by atoms with Gasteiger partial charge in [-0.15, -0.1) is 0 Å². The van der Waals surface area contributed by atoms with E-state index in [1.807, 2.05) is 0 Å². The van der Waals surface area contributed by atoms with Crippen molar-refractivity contribution in [1.29, 1.82) is 0 Å². The Morgan fingerprint density at radius 3 is 2.58 bits per heavy atom. The van der Waals surface area contributed by atoms with Gasteiger partial charge in [-0.05, 0) is 69.8 Å². The molecule has 8 rings (SSSR count). The fourth-order valence-corrected chi connectivity index (χ4v) is 8.21. The van der Waals surface area contributed by atoms with Crippen molar-refractivity contribution < 1.29 is 27.4 Å². The van der Waals surface area contributed by atoms with E-state index >= 15 is 4.39 Å². The van der Waals surface area contributed by atoms with E-state index in [9.17, 15) is 18.3 Å². The van der Waals surface area contributed by atoms with Crippen LogP contribution in [0.25, 0.3) is 32.9 Å².